The van der Waals surface area contributed by atoms with Gasteiger partial charge in [0.2, 0.25) is 0 Å². The Hall–Kier alpha value is -2.29. The molecule has 0 spiro atoms. The van der Waals surface area contributed by atoms with Gasteiger partial charge in [-0.1, -0.05) is 89.8 Å². The van der Waals surface area contributed by atoms with Crippen LogP contribution in [0.1, 0.15) is 103 Å². The second-order valence-corrected chi connectivity index (χ2v) is 8.69. The minimum absolute atomic E-state index is 0.262. The van der Waals surface area contributed by atoms with Gasteiger partial charge in [-0.25, -0.2) is 4.79 Å². The number of benzene rings is 2. The predicted octanol–water partition coefficient (Wildman–Crippen LogP) is 8.28. The maximum absolute atomic E-state index is 11.6. The molecule has 0 aliphatic heterocycles. The molecule has 0 fully saturated rings. The van der Waals surface area contributed by atoms with Gasteiger partial charge in [0.25, 0.3) is 0 Å². The number of phenolic OH excluding ortho intramolecular Hbond substituents is 1. The summed E-state index contributed by atoms with van der Waals surface area (Å²) < 4.78 is 0. The van der Waals surface area contributed by atoms with Crippen LogP contribution in [0.2, 0.25) is 0 Å². The number of rotatable bonds is 14. The highest BCUT2D eigenvalue weighted by Gasteiger charge is 2.16. The second-order valence-electron chi connectivity index (χ2n) is 8.69. The summed E-state index contributed by atoms with van der Waals surface area (Å²) in [6.45, 7) is 5.98. The van der Waals surface area contributed by atoms with Crippen LogP contribution in [-0.4, -0.2) is 16.2 Å². The largest absolute Gasteiger partial charge is 0.508 e. The number of allylic oxidation sites excluding steroid dienone is 1. The average Bonchev–Trinajstić information content (AvgIpc) is 2.75. The quantitative estimate of drug-likeness (QED) is 0.237. The van der Waals surface area contributed by atoms with Crippen molar-refractivity contribution in [3.8, 4) is 5.75 Å². The van der Waals surface area contributed by atoms with Crippen LogP contribution < -0.4 is 0 Å². The number of unbranched alkanes of at least 4 members (excludes halogenated alkanes) is 9. The van der Waals surface area contributed by atoms with Gasteiger partial charge in [-0.2, -0.15) is 0 Å². The van der Waals surface area contributed by atoms with E-state index < -0.39 is 5.97 Å². The first-order valence-electron chi connectivity index (χ1n) is 12.2. The zero-order valence-corrected chi connectivity index (χ0v) is 19.7. The maximum atomic E-state index is 11.6. The summed E-state index contributed by atoms with van der Waals surface area (Å²) in [5.41, 5.74) is 3.60. The van der Waals surface area contributed by atoms with E-state index in [0.717, 1.165) is 34.8 Å². The standard InChI is InChI=1S/C28H40O3/c1-4-6-7-8-9-10-11-12-13-14-15-26-25-19-17-23(29)20-22(25)16-18-27(26)24(5-2)21(3)28(30)31/h16-20,29H,4-15H2,1-3H3,(H,30,31)/b24-21+. The van der Waals surface area contributed by atoms with Crippen molar-refractivity contribution in [1.82, 2.24) is 0 Å². The van der Waals surface area contributed by atoms with Gasteiger partial charge >= 0.3 is 5.97 Å². The molecule has 0 aliphatic carbocycles. The maximum Gasteiger partial charge on any atom is 0.331 e. The van der Waals surface area contributed by atoms with E-state index in [9.17, 15) is 15.0 Å². The van der Waals surface area contributed by atoms with E-state index in [0.29, 0.717) is 12.0 Å². The Morgan fingerprint density at radius 2 is 1.45 bits per heavy atom. The van der Waals surface area contributed by atoms with Crippen molar-refractivity contribution in [1.29, 1.82) is 0 Å². The number of hydrogen-bond acceptors (Lipinski definition) is 2. The number of aryl methyl sites for hydroxylation is 1. The normalized spacial score (nSPS) is 12.2. The Labute approximate surface area is 188 Å². The Morgan fingerprint density at radius 1 is 0.839 bits per heavy atom. The van der Waals surface area contributed by atoms with Gasteiger partial charge in [0.15, 0.2) is 0 Å². The van der Waals surface area contributed by atoms with Gasteiger partial charge < -0.3 is 10.2 Å². The molecule has 0 amide bonds. The van der Waals surface area contributed by atoms with Crippen molar-refractivity contribution in [3.05, 3.63) is 47.0 Å². The number of hydrogen-bond donors (Lipinski definition) is 2. The molecule has 0 bridgehead atoms. The molecule has 0 atom stereocenters. The summed E-state index contributed by atoms with van der Waals surface area (Å²) in [6, 6.07) is 9.53. The van der Waals surface area contributed by atoms with E-state index in [1.807, 2.05) is 25.1 Å². The molecule has 0 saturated heterocycles. The third-order valence-electron chi connectivity index (χ3n) is 6.35. The summed E-state index contributed by atoms with van der Waals surface area (Å²) in [5, 5.41) is 21.6. The molecule has 31 heavy (non-hydrogen) atoms. The topological polar surface area (TPSA) is 57.5 Å². The third-order valence-corrected chi connectivity index (χ3v) is 6.35. The van der Waals surface area contributed by atoms with Gasteiger partial charge in [0.05, 0.1) is 0 Å². The van der Waals surface area contributed by atoms with Crippen LogP contribution in [0.4, 0.5) is 0 Å². The Balaban J connectivity index is 2.10. The predicted molar refractivity (Wildman–Crippen MR) is 132 cm³/mol. The van der Waals surface area contributed by atoms with Crippen molar-refractivity contribution in [2.45, 2.75) is 97.8 Å². The van der Waals surface area contributed by atoms with Crippen LogP contribution in [0.3, 0.4) is 0 Å². The van der Waals surface area contributed by atoms with Crippen molar-refractivity contribution < 1.29 is 15.0 Å². The first kappa shape index (κ1) is 25.0. The fourth-order valence-corrected chi connectivity index (χ4v) is 4.51. The second kappa shape index (κ2) is 13.2. The van der Waals surface area contributed by atoms with Crippen LogP contribution in [-0.2, 0) is 11.2 Å². The minimum Gasteiger partial charge on any atom is -0.508 e. The van der Waals surface area contributed by atoms with E-state index in [1.165, 1.54) is 63.4 Å². The van der Waals surface area contributed by atoms with Crippen molar-refractivity contribution in [2.24, 2.45) is 0 Å². The van der Waals surface area contributed by atoms with Gasteiger partial charge in [0, 0.05) is 5.57 Å². The van der Waals surface area contributed by atoms with Gasteiger partial charge in [0.1, 0.15) is 5.75 Å². The lowest BCUT2D eigenvalue weighted by Gasteiger charge is -2.17. The molecule has 0 aliphatic rings. The molecule has 2 aromatic carbocycles. The van der Waals surface area contributed by atoms with Crippen LogP contribution in [0.15, 0.2) is 35.9 Å². The zero-order valence-electron chi connectivity index (χ0n) is 19.7. The highest BCUT2D eigenvalue weighted by Crippen LogP contribution is 2.33. The SMILES string of the molecule is CCCCCCCCCCCCc1c(/C(CC)=C(\C)C(=O)O)ccc2cc(O)ccc12. The number of carbonyl (C=O) groups is 1. The zero-order chi connectivity index (χ0) is 22.6. The van der Waals surface area contributed by atoms with Crippen LogP contribution >= 0.6 is 0 Å². The fraction of sp³-hybridized carbons (Fsp3) is 0.536. The monoisotopic (exact) mass is 424 g/mol. The highest BCUT2D eigenvalue weighted by molar-refractivity contribution is 5.99. The van der Waals surface area contributed by atoms with Crippen molar-refractivity contribution >= 4 is 22.3 Å². The number of aliphatic carboxylic acids is 1. The lowest BCUT2D eigenvalue weighted by atomic mass is 9.88. The van der Waals surface area contributed by atoms with Gasteiger partial charge in [-0.3, -0.25) is 0 Å². The summed E-state index contributed by atoms with van der Waals surface area (Å²) in [4.78, 5) is 11.6. The number of carboxylic acids is 1. The molecule has 3 heteroatoms. The molecule has 2 aromatic rings. The Morgan fingerprint density at radius 3 is 2.03 bits per heavy atom. The number of phenols is 1. The van der Waals surface area contributed by atoms with Gasteiger partial charge in [-0.05, 0) is 65.8 Å². The van der Waals surface area contributed by atoms with Gasteiger partial charge in [-0.15, -0.1) is 0 Å². The molecular weight excluding hydrogens is 384 g/mol. The summed E-state index contributed by atoms with van der Waals surface area (Å²) in [7, 11) is 0. The van der Waals surface area contributed by atoms with E-state index in [4.69, 9.17) is 0 Å². The molecular formula is C28H40O3. The average molecular weight is 425 g/mol. The van der Waals surface area contributed by atoms with Crippen LogP contribution in [0.25, 0.3) is 16.3 Å². The number of carboxylic acid groups (broad SMARTS) is 1. The van der Waals surface area contributed by atoms with E-state index in [-0.39, 0.29) is 5.75 Å². The molecule has 2 N–H and O–H groups in total. The molecule has 170 valence electrons. The molecule has 0 unspecified atom stereocenters. The summed E-state index contributed by atoms with van der Waals surface area (Å²) >= 11 is 0. The molecule has 0 radical (unpaired) electrons. The van der Waals surface area contributed by atoms with Crippen LogP contribution in [0, 0.1) is 0 Å². The lowest BCUT2D eigenvalue weighted by Crippen LogP contribution is -2.03. The molecule has 0 saturated carbocycles. The van der Waals surface area contributed by atoms with Crippen molar-refractivity contribution in [3.63, 3.8) is 0 Å². The first-order valence-corrected chi connectivity index (χ1v) is 12.2. The molecule has 0 heterocycles. The van der Waals surface area contributed by atoms with Crippen LogP contribution in [0.5, 0.6) is 5.75 Å². The first-order chi connectivity index (χ1) is 15.0. The van der Waals surface area contributed by atoms with Crippen molar-refractivity contribution in [2.75, 3.05) is 0 Å². The number of aromatic hydroxyl groups is 1. The summed E-state index contributed by atoms with van der Waals surface area (Å²) in [5.74, 6) is -0.592. The molecule has 3 nitrogen and oxygen atoms in total. The molecule has 0 aromatic heterocycles. The van der Waals surface area contributed by atoms with E-state index in [2.05, 4.69) is 6.92 Å². The molecule has 2 rings (SSSR count). The fourth-order valence-electron chi connectivity index (χ4n) is 4.51. The summed E-state index contributed by atoms with van der Waals surface area (Å²) in [6.07, 6.45) is 14.6. The van der Waals surface area contributed by atoms with E-state index in [1.54, 1.807) is 19.1 Å². The smallest absolute Gasteiger partial charge is 0.331 e. The Kier molecular flexibility index (Phi) is 10.6. The Bertz CT molecular complexity index is 879. The minimum atomic E-state index is -0.854. The highest BCUT2D eigenvalue weighted by atomic mass is 16.4. The lowest BCUT2D eigenvalue weighted by molar-refractivity contribution is -0.132. The number of fused-ring (bicyclic) bond motifs is 1. The van der Waals surface area contributed by atoms with E-state index >= 15 is 0 Å². The third kappa shape index (κ3) is 7.41.